The maximum absolute atomic E-state index is 12.4. The molecule has 0 fully saturated rings. The summed E-state index contributed by atoms with van der Waals surface area (Å²) in [5, 5.41) is 8.63. The Morgan fingerprint density at radius 3 is 2.81 bits per heavy atom. The van der Waals surface area contributed by atoms with E-state index in [1.807, 2.05) is 6.07 Å². The second-order valence-corrected chi connectivity index (χ2v) is 3.24. The molecule has 0 aliphatic carbocycles. The van der Waals surface area contributed by atoms with Crippen molar-refractivity contribution in [3.63, 3.8) is 0 Å². The summed E-state index contributed by atoms with van der Waals surface area (Å²) in [6.45, 7) is 0.111. The highest BCUT2D eigenvalue weighted by atomic mass is 19.4. The first kappa shape index (κ1) is 10.5. The van der Waals surface area contributed by atoms with E-state index in [2.05, 4.69) is 4.99 Å². The van der Waals surface area contributed by atoms with Gasteiger partial charge in [-0.3, -0.25) is 0 Å². The average molecular weight is 225 g/mol. The van der Waals surface area contributed by atoms with E-state index >= 15 is 0 Å². The van der Waals surface area contributed by atoms with Gasteiger partial charge in [-0.2, -0.15) is 18.4 Å². The first-order valence-corrected chi connectivity index (χ1v) is 4.43. The van der Waals surface area contributed by atoms with Gasteiger partial charge in [0.05, 0.1) is 11.6 Å². The number of fused-ring (bicyclic) bond motifs is 1. The number of halogens is 3. The van der Waals surface area contributed by atoms with Gasteiger partial charge in [-0.15, -0.1) is 0 Å². The van der Waals surface area contributed by atoms with E-state index in [1.165, 1.54) is 17.1 Å². The summed E-state index contributed by atoms with van der Waals surface area (Å²) >= 11 is 0. The van der Waals surface area contributed by atoms with Crippen molar-refractivity contribution in [3.05, 3.63) is 35.7 Å². The minimum absolute atomic E-state index is 0.111. The van der Waals surface area contributed by atoms with Crippen LogP contribution in [0.15, 0.2) is 40.7 Å². The Balaban J connectivity index is 2.34. The van der Waals surface area contributed by atoms with Crippen molar-refractivity contribution < 1.29 is 13.2 Å². The van der Waals surface area contributed by atoms with Crippen molar-refractivity contribution >= 4 is 5.84 Å². The quantitative estimate of drug-likeness (QED) is 0.633. The molecule has 0 saturated carbocycles. The monoisotopic (exact) mass is 225 g/mol. The van der Waals surface area contributed by atoms with Crippen LogP contribution in [-0.2, 0) is 0 Å². The zero-order valence-corrected chi connectivity index (χ0v) is 7.99. The third-order valence-electron chi connectivity index (χ3n) is 2.15. The van der Waals surface area contributed by atoms with Gasteiger partial charge < -0.3 is 4.90 Å². The number of hydrogen-bond donors (Lipinski definition) is 0. The number of amidine groups is 1. The fraction of sp³-hybridized carbons (Fsp3) is 0.200. The molecule has 0 N–H and O–H groups in total. The largest absolute Gasteiger partial charge is 0.433 e. The number of nitrogens with zero attached hydrogens (tertiary/aromatic N) is 3. The molecule has 0 aromatic carbocycles. The predicted octanol–water partition coefficient (Wildman–Crippen LogP) is 2.12. The molecular formula is C10H6F3N3. The summed E-state index contributed by atoms with van der Waals surface area (Å²) in [6.07, 6.45) is 0.977. The van der Waals surface area contributed by atoms with Crippen molar-refractivity contribution in [1.29, 1.82) is 5.26 Å². The van der Waals surface area contributed by atoms with Crippen molar-refractivity contribution in [2.75, 3.05) is 6.54 Å². The molecule has 0 aromatic heterocycles. The molecule has 0 unspecified atom stereocenters. The number of alkyl halides is 3. The molecule has 2 rings (SSSR count). The highest BCUT2D eigenvalue weighted by molar-refractivity contribution is 5.97. The minimum Gasteiger partial charge on any atom is -0.329 e. The van der Waals surface area contributed by atoms with E-state index in [9.17, 15) is 13.2 Å². The molecular weight excluding hydrogens is 219 g/mol. The van der Waals surface area contributed by atoms with Crippen LogP contribution in [0.5, 0.6) is 0 Å². The van der Waals surface area contributed by atoms with Crippen LogP contribution < -0.4 is 0 Å². The van der Waals surface area contributed by atoms with Gasteiger partial charge in [-0.05, 0) is 18.2 Å². The molecule has 0 atom stereocenters. The Kier molecular flexibility index (Phi) is 2.31. The Hall–Kier alpha value is -2.03. The highest BCUT2D eigenvalue weighted by Crippen LogP contribution is 2.29. The third kappa shape index (κ3) is 1.84. The van der Waals surface area contributed by atoms with Crippen molar-refractivity contribution in [1.82, 2.24) is 4.90 Å². The standard InChI is InChI=1S/C10H6F3N3/c11-10(12,13)8-2-4-16-3-1-7(6-14)5-9(16)15-8/h1-3,5H,4H2. The Morgan fingerprint density at radius 2 is 2.19 bits per heavy atom. The molecule has 6 heteroatoms. The molecule has 3 nitrogen and oxygen atoms in total. The second-order valence-electron chi connectivity index (χ2n) is 3.24. The summed E-state index contributed by atoms with van der Waals surface area (Å²) < 4.78 is 37.1. The number of nitriles is 1. The van der Waals surface area contributed by atoms with E-state index in [1.54, 1.807) is 6.20 Å². The first-order chi connectivity index (χ1) is 7.50. The molecule has 0 radical (unpaired) electrons. The lowest BCUT2D eigenvalue weighted by Gasteiger charge is -2.26. The average Bonchev–Trinajstić information content (AvgIpc) is 2.26. The van der Waals surface area contributed by atoms with E-state index < -0.39 is 11.9 Å². The Bertz CT molecular complexity index is 475. The van der Waals surface area contributed by atoms with Gasteiger partial charge in [0.15, 0.2) is 0 Å². The van der Waals surface area contributed by atoms with Crippen LogP contribution in [0.2, 0.25) is 0 Å². The van der Waals surface area contributed by atoms with E-state index in [4.69, 9.17) is 5.26 Å². The van der Waals surface area contributed by atoms with Crippen LogP contribution in [0.1, 0.15) is 0 Å². The van der Waals surface area contributed by atoms with Crippen LogP contribution >= 0.6 is 0 Å². The molecule has 16 heavy (non-hydrogen) atoms. The molecule has 0 spiro atoms. The number of aliphatic imine (C=N–C) groups is 1. The fourth-order valence-electron chi connectivity index (χ4n) is 1.37. The van der Waals surface area contributed by atoms with E-state index in [-0.39, 0.29) is 12.4 Å². The van der Waals surface area contributed by atoms with E-state index in [0.29, 0.717) is 5.57 Å². The van der Waals surface area contributed by atoms with Crippen LogP contribution in [0, 0.1) is 11.3 Å². The van der Waals surface area contributed by atoms with Crippen molar-refractivity contribution in [2.45, 2.75) is 6.18 Å². The molecule has 82 valence electrons. The zero-order chi connectivity index (χ0) is 11.8. The summed E-state index contributed by atoms with van der Waals surface area (Å²) in [5.74, 6) is 0.147. The number of rotatable bonds is 0. The SMILES string of the molecule is N#CC1=CC2=NC(C(F)(F)F)=CCN2C=C1. The maximum Gasteiger partial charge on any atom is 0.433 e. The Labute approximate surface area is 89.5 Å². The molecule has 2 heterocycles. The summed E-state index contributed by atoms with van der Waals surface area (Å²) in [5.41, 5.74) is -0.624. The smallest absolute Gasteiger partial charge is 0.329 e. The molecule has 0 bridgehead atoms. The minimum atomic E-state index is -4.44. The summed E-state index contributed by atoms with van der Waals surface area (Å²) in [6, 6.07) is 1.86. The highest BCUT2D eigenvalue weighted by Gasteiger charge is 2.36. The molecule has 0 amide bonds. The second kappa shape index (κ2) is 3.52. The van der Waals surface area contributed by atoms with Crippen LogP contribution in [0.4, 0.5) is 13.2 Å². The van der Waals surface area contributed by atoms with Gasteiger partial charge in [0.1, 0.15) is 11.5 Å². The number of hydrogen-bond acceptors (Lipinski definition) is 3. The van der Waals surface area contributed by atoms with Gasteiger partial charge in [0.2, 0.25) is 0 Å². The van der Waals surface area contributed by atoms with Crippen LogP contribution in [0.25, 0.3) is 0 Å². The van der Waals surface area contributed by atoms with Crippen LogP contribution in [-0.4, -0.2) is 23.5 Å². The maximum atomic E-state index is 12.4. The summed E-state index contributed by atoms with van der Waals surface area (Å²) in [7, 11) is 0. The van der Waals surface area contributed by atoms with Gasteiger partial charge in [-0.1, -0.05) is 0 Å². The molecule has 0 aromatic rings. The third-order valence-corrected chi connectivity index (χ3v) is 2.15. The number of allylic oxidation sites excluding steroid dienone is 3. The van der Waals surface area contributed by atoms with Crippen LogP contribution in [0.3, 0.4) is 0 Å². The molecule has 2 aliphatic heterocycles. The van der Waals surface area contributed by atoms with Gasteiger partial charge >= 0.3 is 6.18 Å². The zero-order valence-electron chi connectivity index (χ0n) is 7.99. The van der Waals surface area contributed by atoms with Gasteiger partial charge in [0.25, 0.3) is 0 Å². The lowest BCUT2D eigenvalue weighted by Crippen LogP contribution is -2.31. The normalized spacial score (nSPS) is 19.4. The topological polar surface area (TPSA) is 39.4 Å². The lowest BCUT2D eigenvalue weighted by atomic mass is 10.1. The molecule has 0 saturated heterocycles. The Morgan fingerprint density at radius 1 is 1.44 bits per heavy atom. The predicted molar refractivity (Wildman–Crippen MR) is 51.1 cm³/mol. The van der Waals surface area contributed by atoms with Crippen molar-refractivity contribution in [2.24, 2.45) is 4.99 Å². The van der Waals surface area contributed by atoms with Gasteiger partial charge in [0, 0.05) is 12.7 Å². The van der Waals surface area contributed by atoms with Gasteiger partial charge in [-0.25, -0.2) is 4.99 Å². The first-order valence-electron chi connectivity index (χ1n) is 4.43. The fourth-order valence-corrected chi connectivity index (χ4v) is 1.37. The summed E-state index contributed by atoms with van der Waals surface area (Å²) in [4.78, 5) is 5.01. The lowest BCUT2D eigenvalue weighted by molar-refractivity contribution is -0.0929. The van der Waals surface area contributed by atoms with Crippen molar-refractivity contribution in [3.8, 4) is 6.07 Å². The van der Waals surface area contributed by atoms with E-state index in [0.717, 1.165) is 6.08 Å². The molecule has 2 aliphatic rings.